The Morgan fingerprint density at radius 1 is 1.26 bits per heavy atom. The van der Waals surface area contributed by atoms with Crippen LogP contribution in [0.4, 0.5) is 5.69 Å². The fraction of sp³-hybridized carbons (Fsp3) is 0.333. The molecule has 1 aliphatic rings. The highest BCUT2D eigenvalue weighted by Gasteiger charge is 2.24. The standard InChI is InChI=1S/C21H23N3O5S2/c1-3-24(11-18(25)22-10-15-5-4-8-30-15)19(26)12-29-21(28)14-6-7-17-16(9-14)23-20(27)13(2)31-17/h4-9,13H,3,10-12H2,1-2H3,(H,22,25)(H,23,27). The second-order valence-electron chi connectivity index (χ2n) is 6.80. The molecule has 1 aromatic heterocycles. The van der Waals surface area contributed by atoms with Crippen LogP contribution in [0.15, 0.2) is 40.6 Å². The zero-order valence-corrected chi connectivity index (χ0v) is 18.8. The number of likely N-dealkylation sites (N-methyl/N-ethyl adjacent to an activating group) is 1. The highest BCUT2D eigenvalue weighted by molar-refractivity contribution is 8.00. The summed E-state index contributed by atoms with van der Waals surface area (Å²) in [4.78, 5) is 51.9. The van der Waals surface area contributed by atoms with Gasteiger partial charge in [-0.05, 0) is 43.5 Å². The minimum atomic E-state index is -0.674. The van der Waals surface area contributed by atoms with Crippen molar-refractivity contribution in [2.45, 2.75) is 30.5 Å². The molecular weight excluding hydrogens is 438 g/mol. The summed E-state index contributed by atoms with van der Waals surface area (Å²) in [5.41, 5.74) is 0.783. The minimum absolute atomic E-state index is 0.113. The normalized spacial score (nSPS) is 14.9. The number of benzene rings is 1. The first kappa shape index (κ1) is 22.8. The third-order valence-electron chi connectivity index (χ3n) is 4.58. The lowest BCUT2D eigenvalue weighted by molar-refractivity contribution is -0.138. The summed E-state index contributed by atoms with van der Waals surface area (Å²) in [7, 11) is 0. The van der Waals surface area contributed by atoms with Crippen LogP contribution in [0.3, 0.4) is 0 Å². The van der Waals surface area contributed by atoms with Gasteiger partial charge in [0.15, 0.2) is 6.61 Å². The first-order valence-corrected chi connectivity index (χ1v) is 11.5. The topological polar surface area (TPSA) is 105 Å². The van der Waals surface area contributed by atoms with Crippen LogP contribution in [0.1, 0.15) is 29.1 Å². The second-order valence-corrected chi connectivity index (χ2v) is 9.22. The monoisotopic (exact) mass is 461 g/mol. The number of fused-ring (bicyclic) bond motifs is 1. The Labute approximate surface area is 188 Å². The molecule has 0 saturated carbocycles. The lowest BCUT2D eigenvalue weighted by Gasteiger charge is -2.22. The van der Waals surface area contributed by atoms with E-state index in [1.54, 1.807) is 26.0 Å². The predicted molar refractivity (Wildman–Crippen MR) is 119 cm³/mol. The maximum Gasteiger partial charge on any atom is 0.338 e. The van der Waals surface area contributed by atoms with Gasteiger partial charge < -0.3 is 20.3 Å². The molecule has 2 aromatic rings. The van der Waals surface area contributed by atoms with Crippen molar-refractivity contribution in [1.29, 1.82) is 0 Å². The van der Waals surface area contributed by atoms with Crippen molar-refractivity contribution >= 4 is 52.5 Å². The fourth-order valence-corrected chi connectivity index (χ4v) is 4.42. The average Bonchev–Trinajstić information content (AvgIpc) is 3.28. The average molecular weight is 462 g/mol. The highest BCUT2D eigenvalue weighted by atomic mass is 32.2. The number of carbonyl (C=O) groups is 4. The zero-order valence-electron chi connectivity index (χ0n) is 17.2. The van der Waals surface area contributed by atoms with E-state index in [2.05, 4.69) is 10.6 Å². The number of esters is 1. The van der Waals surface area contributed by atoms with Gasteiger partial charge in [0.05, 0.1) is 29.6 Å². The molecule has 1 aliphatic heterocycles. The molecule has 31 heavy (non-hydrogen) atoms. The van der Waals surface area contributed by atoms with Crippen LogP contribution in [0.2, 0.25) is 0 Å². The maximum absolute atomic E-state index is 12.4. The number of hydrogen-bond acceptors (Lipinski definition) is 7. The minimum Gasteiger partial charge on any atom is -0.452 e. The number of ether oxygens (including phenoxy) is 1. The molecule has 3 rings (SSSR count). The van der Waals surface area contributed by atoms with Crippen LogP contribution in [-0.4, -0.2) is 53.5 Å². The summed E-state index contributed by atoms with van der Waals surface area (Å²) >= 11 is 2.95. The molecule has 0 fully saturated rings. The number of nitrogens with one attached hydrogen (secondary N) is 2. The number of thiophene rings is 1. The molecule has 1 aromatic carbocycles. The quantitative estimate of drug-likeness (QED) is 0.586. The molecule has 0 radical (unpaired) electrons. The summed E-state index contributed by atoms with van der Waals surface area (Å²) in [5, 5.41) is 7.24. The van der Waals surface area contributed by atoms with Gasteiger partial charge in [0.1, 0.15) is 0 Å². The summed E-state index contributed by atoms with van der Waals surface area (Å²) in [6, 6.07) is 8.69. The molecular formula is C21H23N3O5S2. The Balaban J connectivity index is 1.50. The van der Waals surface area contributed by atoms with Gasteiger partial charge in [-0.25, -0.2) is 4.79 Å². The van der Waals surface area contributed by atoms with E-state index in [-0.39, 0.29) is 29.2 Å². The van der Waals surface area contributed by atoms with Gasteiger partial charge in [-0.15, -0.1) is 23.1 Å². The van der Waals surface area contributed by atoms with Gasteiger partial charge in [0, 0.05) is 16.3 Å². The molecule has 2 N–H and O–H groups in total. The maximum atomic E-state index is 12.4. The van der Waals surface area contributed by atoms with Crippen LogP contribution in [-0.2, 0) is 25.7 Å². The van der Waals surface area contributed by atoms with Crippen molar-refractivity contribution in [3.05, 3.63) is 46.2 Å². The number of anilines is 1. The van der Waals surface area contributed by atoms with Crippen molar-refractivity contribution < 1.29 is 23.9 Å². The molecule has 0 saturated heterocycles. The molecule has 3 amide bonds. The summed E-state index contributed by atoms with van der Waals surface area (Å²) in [6.07, 6.45) is 0. The molecule has 164 valence electrons. The van der Waals surface area contributed by atoms with Gasteiger partial charge in [0.2, 0.25) is 11.8 Å². The highest BCUT2D eigenvalue weighted by Crippen LogP contribution is 2.36. The van der Waals surface area contributed by atoms with Crippen LogP contribution < -0.4 is 10.6 Å². The Hall–Kier alpha value is -2.85. The summed E-state index contributed by atoms with van der Waals surface area (Å²) in [5.74, 6) is -1.55. The van der Waals surface area contributed by atoms with Crippen LogP contribution >= 0.6 is 23.1 Å². The molecule has 10 heteroatoms. The first-order valence-electron chi connectivity index (χ1n) is 9.73. The number of rotatable bonds is 8. The molecule has 1 unspecified atom stereocenters. The SMILES string of the molecule is CCN(CC(=O)NCc1cccs1)C(=O)COC(=O)c1ccc2c(c1)NC(=O)C(C)S2. The first-order chi connectivity index (χ1) is 14.9. The van der Waals surface area contributed by atoms with Crippen LogP contribution in [0.25, 0.3) is 0 Å². The number of nitrogens with zero attached hydrogens (tertiary/aromatic N) is 1. The van der Waals surface area contributed by atoms with Crippen molar-refractivity contribution in [3.8, 4) is 0 Å². The Kier molecular flexibility index (Phi) is 7.69. The third-order valence-corrected chi connectivity index (χ3v) is 6.64. The third kappa shape index (κ3) is 6.08. The van der Waals surface area contributed by atoms with E-state index >= 15 is 0 Å². The molecule has 0 bridgehead atoms. The van der Waals surface area contributed by atoms with E-state index in [0.29, 0.717) is 18.8 Å². The lowest BCUT2D eigenvalue weighted by Crippen LogP contribution is -2.42. The predicted octanol–water partition coefficient (Wildman–Crippen LogP) is 2.50. The Bertz CT molecular complexity index is 977. The van der Waals surface area contributed by atoms with E-state index in [0.717, 1.165) is 9.77 Å². The zero-order chi connectivity index (χ0) is 22.4. The largest absolute Gasteiger partial charge is 0.452 e. The molecule has 8 nitrogen and oxygen atoms in total. The number of carbonyl (C=O) groups excluding carboxylic acids is 4. The summed E-state index contributed by atoms with van der Waals surface area (Å²) in [6.45, 7) is 3.68. The van der Waals surface area contributed by atoms with Crippen LogP contribution in [0, 0.1) is 0 Å². The molecule has 0 spiro atoms. The second kappa shape index (κ2) is 10.5. The number of thioether (sulfide) groups is 1. The molecule has 0 aliphatic carbocycles. The van der Waals surface area contributed by atoms with Crippen molar-refractivity contribution in [2.75, 3.05) is 25.0 Å². The Morgan fingerprint density at radius 2 is 2.06 bits per heavy atom. The van der Waals surface area contributed by atoms with Gasteiger partial charge in [0.25, 0.3) is 5.91 Å². The van der Waals surface area contributed by atoms with Crippen molar-refractivity contribution in [1.82, 2.24) is 10.2 Å². The number of amides is 3. The molecule has 2 heterocycles. The van der Waals surface area contributed by atoms with E-state index in [1.165, 1.54) is 34.1 Å². The lowest BCUT2D eigenvalue weighted by atomic mass is 10.2. The van der Waals surface area contributed by atoms with E-state index in [9.17, 15) is 19.2 Å². The van der Waals surface area contributed by atoms with Gasteiger partial charge in [-0.1, -0.05) is 6.07 Å². The molecule has 1 atom stereocenters. The number of hydrogen-bond donors (Lipinski definition) is 2. The fourth-order valence-electron chi connectivity index (χ4n) is 2.84. The van der Waals surface area contributed by atoms with Crippen molar-refractivity contribution in [3.63, 3.8) is 0 Å². The van der Waals surface area contributed by atoms with Crippen molar-refractivity contribution in [2.24, 2.45) is 0 Å². The van der Waals surface area contributed by atoms with E-state index < -0.39 is 18.5 Å². The summed E-state index contributed by atoms with van der Waals surface area (Å²) < 4.78 is 5.13. The van der Waals surface area contributed by atoms with Gasteiger partial charge >= 0.3 is 5.97 Å². The van der Waals surface area contributed by atoms with E-state index in [1.807, 2.05) is 17.5 Å². The van der Waals surface area contributed by atoms with Gasteiger partial charge in [-0.3, -0.25) is 14.4 Å². The Morgan fingerprint density at radius 3 is 2.77 bits per heavy atom. The van der Waals surface area contributed by atoms with Gasteiger partial charge in [-0.2, -0.15) is 0 Å². The van der Waals surface area contributed by atoms with E-state index in [4.69, 9.17) is 4.74 Å². The smallest absolute Gasteiger partial charge is 0.338 e. The van der Waals surface area contributed by atoms with Crippen LogP contribution in [0.5, 0.6) is 0 Å².